The van der Waals surface area contributed by atoms with Crippen molar-refractivity contribution in [3.8, 4) is 0 Å². The van der Waals surface area contributed by atoms with Crippen LogP contribution in [0.4, 0.5) is 17.6 Å². The number of rotatable bonds is 5. The lowest BCUT2D eigenvalue weighted by molar-refractivity contribution is -0.160. The van der Waals surface area contributed by atoms with E-state index in [2.05, 4.69) is 12.6 Å². The summed E-state index contributed by atoms with van der Waals surface area (Å²) < 4.78 is 52.9. The number of ketones is 1. The summed E-state index contributed by atoms with van der Waals surface area (Å²) in [4.78, 5) is 24.5. The van der Waals surface area contributed by atoms with Crippen LogP contribution in [-0.4, -0.2) is 23.0 Å². The first-order valence-electron chi connectivity index (χ1n) is 9.22. The molecule has 0 saturated carbocycles. The van der Waals surface area contributed by atoms with Crippen LogP contribution in [0, 0.1) is 5.82 Å². The normalized spacial score (nSPS) is 15.8. The summed E-state index contributed by atoms with van der Waals surface area (Å²) in [5, 5.41) is 8.14. The van der Waals surface area contributed by atoms with E-state index in [-0.39, 0.29) is 11.1 Å². The minimum absolute atomic E-state index is 0.0293. The van der Waals surface area contributed by atoms with Crippen LogP contribution in [-0.2, 0) is 17.6 Å². The summed E-state index contributed by atoms with van der Waals surface area (Å²) in [6.45, 7) is 0. The van der Waals surface area contributed by atoms with Gasteiger partial charge in [-0.2, -0.15) is 25.8 Å². The van der Waals surface area contributed by atoms with Crippen molar-refractivity contribution >= 4 is 47.6 Å². The lowest BCUT2D eigenvalue weighted by Gasteiger charge is -2.32. The van der Waals surface area contributed by atoms with Gasteiger partial charge in [0.15, 0.2) is 11.6 Å². The molecule has 1 unspecified atom stereocenters. The number of carbonyl (C=O) groups is 2. The maximum atomic E-state index is 14.1. The largest absolute Gasteiger partial charge is 0.478 e. The summed E-state index contributed by atoms with van der Waals surface area (Å²) in [5.74, 6) is -3.10. The third-order valence-electron chi connectivity index (χ3n) is 5.41. The van der Waals surface area contributed by atoms with Gasteiger partial charge in [-0.15, -0.1) is 0 Å². The van der Waals surface area contributed by atoms with Gasteiger partial charge in [0.1, 0.15) is 4.75 Å². The maximum Gasteiger partial charge on any atom is 0.407 e. The Bertz CT molecular complexity index is 1050. The average Bonchev–Trinajstić information content (AvgIpc) is 2.69. The van der Waals surface area contributed by atoms with E-state index in [0.717, 1.165) is 18.6 Å². The van der Waals surface area contributed by atoms with E-state index < -0.39 is 50.5 Å². The van der Waals surface area contributed by atoms with Gasteiger partial charge in [0.25, 0.3) is 0 Å². The summed E-state index contributed by atoms with van der Waals surface area (Å²) in [5.41, 5.74) is 0.417. The number of benzene rings is 2. The molecule has 1 atom stereocenters. The summed E-state index contributed by atoms with van der Waals surface area (Å²) in [7, 11) is 0. The molecule has 1 aliphatic carbocycles. The van der Waals surface area contributed by atoms with E-state index in [1.807, 2.05) is 0 Å². The Morgan fingerprint density at radius 2 is 1.48 bits per heavy atom. The molecule has 31 heavy (non-hydrogen) atoms. The number of carboxylic acid groups (broad SMARTS) is 1. The highest BCUT2D eigenvalue weighted by Crippen LogP contribution is 2.49. The van der Waals surface area contributed by atoms with Gasteiger partial charge in [-0.1, -0.05) is 29.3 Å². The lowest BCUT2D eigenvalue weighted by Crippen LogP contribution is -2.39. The van der Waals surface area contributed by atoms with E-state index in [1.54, 1.807) is 0 Å². The van der Waals surface area contributed by atoms with Crippen molar-refractivity contribution in [3.63, 3.8) is 0 Å². The zero-order valence-corrected chi connectivity index (χ0v) is 18.2. The highest BCUT2D eigenvalue weighted by Gasteiger charge is 2.55. The number of hydrogen-bond donors (Lipinski definition) is 2. The number of carbonyl (C=O) groups excluding carboxylic acids is 1. The molecule has 2 aromatic rings. The molecule has 1 aliphatic rings. The van der Waals surface area contributed by atoms with Gasteiger partial charge in [-0.3, -0.25) is 4.79 Å². The molecule has 0 aromatic heterocycles. The van der Waals surface area contributed by atoms with E-state index in [1.165, 1.54) is 12.1 Å². The van der Waals surface area contributed by atoms with Gasteiger partial charge in [0.05, 0.1) is 15.6 Å². The molecule has 3 rings (SSSR count). The molecule has 166 valence electrons. The van der Waals surface area contributed by atoms with Crippen molar-refractivity contribution in [1.82, 2.24) is 0 Å². The van der Waals surface area contributed by atoms with Crippen molar-refractivity contribution in [2.45, 2.75) is 43.0 Å². The van der Waals surface area contributed by atoms with Gasteiger partial charge in [0, 0.05) is 12.0 Å². The van der Waals surface area contributed by atoms with Crippen LogP contribution in [0.1, 0.15) is 56.7 Å². The highest BCUT2D eigenvalue weighted by atomic mass is 35.5. The fourth-order valence-corrected chi connectivity index (χ4v) is 4.58. The fourth-order valence-electron chi connectivity index (χ4n) is 3.82. The van der Waals surface area contributed by atoms with E-state index in [4.69, 9.17) is 23.2 Å². The van der Waals surface area contributed by atoms with Crippen LogP contribution in [0.2, 0.25) is 10.0 Å². The fraction of sp³-hybridized carbons (Fsp3) is 0.333. The molecular formula is C21H16Cl2F4O3S. The number of carboxylic acids is 1. The van der Waals surface area contributed by atoms with Crippen molar-refractivity contribution in [1.29, 1.82) is 0 Å². The van der Waals surface area contributed by atoms with Crippen LogP contribution >= 0.6 is 35.8 Å². The third-order valence-corrected chi connectivity index (χ3v) is 6.63. The van der Waals surface area contributed by atoms with Crippen molar-refractivity contribution < 1.29 is 32.3 Å². The zero-order chi connectivity index (χ0) is 23.1. The van der Waals surface area contributed by atoms with Crippen LogP contribution in [0.25, 0.3) is 0 Å². The minimum Gasteiger partial charge on any atom is -0.478 e. The molecule has 0 saturated heterocycles. The third kappa shape index (κ3) is 4.43. The molecule has 0 spiro atoms. The molecule has 0 heterocycles. The van der Waals surface area contributed by atoms with Crippen LogP contribution in [0.3, 0.4) is 0 Å². The number of hydrogen-bond acceptors (Lipinski definition) is 3. The topological polar surface area (TPSA) is 54.4 Å². The molecule has 0 amide bonds. The Morgan fingerprint density at radius 1 is 1.00 bits per heavy atom. The Morgan fingerprint density at radius 3 is 1.97 bits per heavy atom. The van der Waals surface area contributed by atoms with Crippen LogP contribution in [0.15, 0.2) is 24.3 Å². The number of thiol groups is 1. The van der Waals surface area contributed by atoms with Crippen molar-refractivity contribution in [2.24, 2.45) is 0 Å². The Hall–Kier alpha value is -1.77. The van der Waals surface area contributed by atoms with Crippen LogP contribution < -0.4 is 0 Å². The first-order valence-corrected chi connectivity index (χ1v) is 10.4. The summed E-state index contributed by atoms with van der Waals surface area (Å²) in [6.07, 6.45) is -3.89. The van der Waals surface area contributed by atoms with Crippen LogP contribution in [0.5, 0.6) is 0 Å². The number of fused-ring (bicyclic) bond motifs is 1. The molecule has 2 aromatic carbocycles. The molecular weight excluding hydrogens is 479 g/mol. The first-order chi connectivity index (χ1) is 14.4. The highest BCUT2D eigenvalue weighted by molar-refractivity contribution is 7.81. The Balaban J connectivity index is 2.08. The summed E-state index contributed by atoms with van der Waals surface area (Å²) >= 11 is 15.1. The predicted molar refractivity (Wildman–Crippen MR) is 112 cm³/mol. The Kier molecular flexibility index (Phi) is 6.65. The van der Waals surface area contributed by atoms with Crippen molar-refractivity contribution in [3.05, 3.63) is 67.9 Å². The van der Waals surface area contributed by atoms with Gasteiger partial charge in [0.2, 0.25) is 0 Å². The average molecular weight is 495 g/mol. The summed E-state index contributed by atoms with van der Waals surface area (Å²) in [6, 6.07) is 3.98. The second-order valence-corrected chi connectivity index (χ2v) is 8.92. The second kappa shape index (κ2) is 8.64. The maximum absolute atomic E-state index is 14.1. The molecule has 10 heteroatoms. The first kappa shape index (κ1) is 23.9. The van der Waals surface area contributed by atoms with E-state index >= 15 is 0 Å². The molecule has 0 radical (unpaired) electrons. The zero-order valence-electron chi connectivity index (χ0n) is 15.8. The standard InChI is InChI=1S/C21H16Cl2F4O3S/c22-15-7-10(8-16(23)18(15)24)20(31,21(25,26)27)9-17(28)13-5-6-14(19(29)30)12-4-2-1-3-11(12)13/h5-8,31H,1-4,9H2,(H,29,30). The van der Waals surface area contributed by atoms with E-state index in [9.17, 15) is 32.3 Å². The minimum atomic E-state index is -5.00. The van der Waals surface area contributed by atoms with Gasteiger partial charge in [-0.05, 0) is 60.6 Å². The molecule has 0 aliphatic heterocycles. The molecule has 3 nitrogen and oxygen atoms in total. The van der Waals surface area contributed by atoms with Gasteiger partial charge < -0.3 is 5.11 Å². The number of aromatic carboxylic acids is 1. The molecule has 0 fully saturated rings. The molecule has 1 N–H and O–H groups in total. The number of alkyl halides is 3. The number of Topliss-reactive ketones (excluding diaryl/α,β-unsaturated/α-hetero) is 1. The Labute approximate surface area is 190 Å². The van der Waals surface area contributed by atoms with Gasteiger partial charge in [-0.25, -0.2) is 9.18 Å². The molecule has 0 bridgehead atoms. The SMILES string of the molecule is O=C(O)c1ccc(C(=O)CC(S)(c2cc(Cl)c(F)c(Cl)c2)C(F)(F)F)c2c1CCCC2. The monoisotopic (exact) mass is 494 g/mol. The van der Waals surface area contributed by atoms with Gasteiger partial charge >= 0.3 is 12.1 Å². The van der Waals surface area contributed by atoms with Crippen molar-refractivity contribution in [2.75, 3.05) is 0 Å². The number of halogens is 6. The van der Waals surface area contributed by atoms with E-state index in [0.29, 0.717) is 30.4 Å². The second-order valence-electron chi connectivity index (χ2n) is 7.34. The smallest absolute Gasteiger partial charge is 0.407 e. The lowest BCUT2D eigenvalue weighted by atomic mass is 9.81. The quantitative estimate of drug-likeness (QED) is 0.211. The predicted octanol–water partition coefficient (Wildman–Crippen LogP) is 6.67.